The molecular weight excluding hydrogens is 299 g/mol. The summed E-state index contributed by atoms with van der Waals surface area (Å²) in [5.74, 6) is 1.16. The number of hydrogen-bond acceptors (Lipinski definition) is 3. The normalized spacial score (nSPS) is 14.7. The SMILES string of the molecule is CSCCC(C)N(C)C(CN)c1ccc(Cl)c(Cl)c1. The summed E-state index contributed by atoms with van der Waals surface area (Å²) >= 11 is 13.9. The Kier molecular flexibility index (Phi) is 7.55. The van der Waals surface area contributed by atoms with E-state index < -0.39 is 0 Å². The summed E-state index contributed by atoms with van der Waals surface area (Å²) in [6, 6.07) is 6.41. The number of nitrogens with zero attached hydrogens (tertiary/aromatic N) is 1. The number of benzene rings is 1. The fourth-order valence-electron chi connectivity index (χ4n) is 2.06. The molecule has 0 amide bonds. The molecule has 2 N–H and O–H groups in total. The van der Waals surface area contributed by atoms with Gasteiger partial charge in [0.25, 0.3) is 0 Å². The van der Waals surface area contributed by atoms with E-state index in [-0.39, 0.29) is 6.04 Å². The van der Waals surface area contributed by atoms with Crippen molar-refractivity contribution in [3.8, 4) is 0 Å². The average molecular weight is 321 g/mol. The molecule has 0 heterocycles. The molecule has 0 radical (unpaired) electrons. The van der Waals surface area contributed by atoms with Crippen LogP contribution in [0.5, 0.6) is 0 Å². The van der Waals surface area contributed by atoms with Crippen molar-refractivity contribution in [3.63, 3.8) is 0 Å². The van der Waals surface area contributed by atoms with Crippen LogP contribution in [0.3, 0.4) is 0 Å². The van der Waals surface area contributed by atoms with Gasteiger partial charge in [-0.05, 0) is 50.1 Å². The monoisotopic (exact) mass is 320 g/mol. The van der Waals surface area contributed by atoms with Crippen molar-refractivity contribution in [1.29, 1.82) is 0 Å². The molecule has 0 aliphatic carbocycles. The molecule has 2 nitrogen and oxygen atoms in total. The average Bonchev–Trinajstić information content (AvgIpc) is 2.40. The van der Waals surface area contributed by atoms with Crippen molar-refractivity contribution in [2.24, 2.45) is 5.73 Å². The van der Waals surface area contributed by atoms with Gasteiger partial charge in [-0.25, -0.2) is 0 Å². The van der Waals surface area contributed by atoms with Gasteiger partial charge in [0.1, 0.15) is 0 Å². The topological polar surface area (TPSA) is 29.3 Å². The fraction of sp³-hybridized carbons (Fsp3) is 0.571. The molecule has 0 aliphatic heterocycles. The second-order valence-electron chi connectivity index (χ2n) is 4.72. The van der Waals surface area contributed by atoms with Crippen molar-refractivity contribution in [2.45, 2.75) is 25.4 Å². The Hall–Kier alpha value is 0.0700. The zero-order valence-corrected chi connectivity index (χ0v) is 14.0. The molecule has 2 unspecified atom stereocenters. The highest BCUT2D eigenvalue weighted by Crippen LogP contribution is 2.28. The quantitative estimate of drug-likeness (QED) is 0.821. The third-order valence-electron chi connectivity index (χ3n) is 3.48. The highest BCUT2D eigenvalue weighted by atomic mass is 35.5. The lowest BCUT2D eigenvalue weighted by Crippen LogP contribution is -2.37. The molecule has 0 bridgehead atoms. The van der Waals surface area contributed by atoms with Crippen LogP contribution in [0.4, 0.5) is 0 Å². The molecule has 108 valence electrons. The zero-order valence-electron chi connectivity index (χ0n) is 11.7. The van der Waals surface area contributed by atoms with Crippen molar-refractivity contribution in [2.75, 3.05) is 25.6 Å². The zero-order chi connectivity index (χ0) is 14.4. The first-order valence-corrected chi connectivity index (χ1v) is 8.52. The summed E-state index contributed by atoms with van der Waals surface area (Å²) in [7, 11) is 2.12. The number of nitrogens with two attached hydrogens (primary N) is 1. The van der Waals surface area contributed by atoms with Gasteiger partial charge in [-0.1, -0.05) is 29.3 Å². The Morgan fingerprint density at radius 1 is 1.32 bits per heavy atom. The highest BCUT2D eigenvalue weighted by Gasteiger charge is 2.20. The number of thioether (sulfide) groups is 1. The lowest BCUT2D eigenvalue weighted by Gasteiger charge is -2.33. The molecule has 0 saturated carbocycles. The van der Waals surface area contributed by atoms with Gasteiger partial charge in [0.05, 0.1) is 10.0 Å². The van der Waals surface area contributed by atoms with Crippen LogP contribution < -0.4 is 5.73 Å². The first-order valence-electron chi connectivity index (χ1n) is 6.37. The second-order valence-corrected chi connectivity index (χ2v) is 6.52. The summed E-state index contributed by atoms with van der Waals surface area (Å²) < 4.78 is 0. The summed E-state index contributed by atoms with van der Waals surface area (Å²) in [5.41, 5.74) is 7.06. The molecule has 19 heavy (non-hydrogen) atoms. The van der Waals surface area contributed by atoms with E-state index in [1.54, 1.807) is 0 Å². The Labute approximate surface area is 130 Å². The minimum atomic E-state index is 0.173. The first-order chi connectivity index (χ1) is 9.01. The van der Waals surface area contributed by atoms with Crippen LogP contribution in [0.25, 0.3) is 0 Å². The Balaban J connectivity index is 2.83. The van der Waals surface area contributed by atoms with Crippen LogP contribution >= 0.6 is 35.0 Å². The molecule has 0 fully saturated rings. The number of halogens is 2. The maximum absolute atomic E-state index is 6.09. The van der Waals surface area contributed by atoms with Gasteiger partial charge in [-0.15, -0.1) is 0 Å². The highest BCUT2D eigenvalue weighted by molar-refractivity contribution is 7.98. The smallest absolute Gasteiger partial charge is 0.0595 e. The van der Waals surface area contributed by atoms with Gasteiger partial charge >= 0.3 is 0 Å². The van der Waals surface area contributed by atoms with E-state index in [1.165, 1.54) is 0 Å². The summed E-state index contributed by atoms with van der Waals surface area (Å²) in [4.78, 5) is 2.32. The van der Waals surface area contributed by atoms with E-state index in [4.69, 9.17) is 28.9 Å². The molecule has 1 rings (SSSR count). The van der Waals surface area contributed by atoms with Crippen LogP contribution in [0.1, 0.15) is 24.9 Å². The van der Waals surface area contributed by atoms with E-state index in [0.29, 0.717) is 22.6 Å². The van der Waals surface area contributed by atoms with E-state index in [2.05, 4.69) is 25.1 Å². The summed E-state index contributed by atoms with van der Waals surface area (Å²) in [5, 5.41) is 1.17. The van der Waals surface area contributed by atoms with E-state index in [1.807, 2.05) is 30.0 Å². The predicted molar refractivity (Wildman–Crippen MR) is 88.5 cm³/mol. The standard InChI is InChI=1S/C14H22Cl2N2S/c1-10(6-7-19-3)18(2)14(9-17)11-4-5-12(15)13(16)8-11/h4-5,8,10,14H,6-7,9,17H2,1-3H3. The number of rotatable bonds is 7. The minimum Gasteiger partial charge on any atom is -0.329 e. The lowest BCUT2D eigenvalue weighted by molar-refractivity contribution is 0.185. The van der Waals surface area contributed by atoms with Crippen molar-refractivity contribution in [1.82, 2.24) is 4.90 Å². The fourth-order valence-corrected chi connectivity index (χ4v) is 2.94. The lowest BCUT2D eigenvalue weighted by atomic mass is 10.0. The van der Waals surface area contributed by atoms with Gasteiger partial charge in [-0.3, -0.25) is 4.90 Å². The van der Waals surface area contributed by atoms with Crippen molar-refractivity contribution < 1.29 is 0 Å². The molecule has 0 aliphatic rings. The summed E-state index contributed by atoms with van der Waals surface area (Å²) in [6.07, 6.45) is 3.28. The van der Waals surface area contributed by atoms with Gasteiger partial charge in [0.15, 0.2) is 0 Å². The molecule has 2 atom stereocenters. The van der Waals surface area contributed by atoms with Crippen LogP contribution in [-0.2, 0) is 0 Å². The Bertz CT molecular complexity index is 401. The maximum atomic E-state index is 6.09. The van der Waals surface area contributed by atoms with Gasteiger partial charge in [0.2, 0.25) is 0 Å². The van der Waals surface area contributed by atoms with Gasteiger partial charge < -0.3 is 5.73 Å². The molecule has 0 aromatic heterocycles. The number of hydrogen-bond donors (Lipinski definition) is 1. The Morgan fingerprint density at radius 2 is 2.00 bits per heavy atom. The van der Waals surface area contributed by atoms with Crippen LogP contribution in [-0.4, -0.2) is 36.5 Å². The number of likely N-dealkylation sites (N-methyl/N-ethyl adjacent to an activating group) is 1. The summed E-state index contributed by atoms with van der Waals surface area (Å²) in [6.45, 7) is 2.80. The first kappa shape index (κ1) is 17.1. The van der Waals surface area contributed by atoms with E-state index in [0.717, 1.165) is 17.7 Å². The van der Waals surface area contributed by atoms with Crippen molar-refractivity contribution in [3.05, 3.63) is 33.8 Å². The predicted octanol–water partition coefficient (Wildman–Crippen LogP) is 4.07. The second kappa shape index (κ2) is 8.38. The van der Waals surface area contributed by atoms with E-state index in [9.17, 15) is 0 Å². The van der Waals surface area contributed by atoms with Crippen LogP contribution in [0.2, 0.25) is 10.0 Å². The third kappa shape index (κ3) is 4.83. The Morgan fingerprint density at radius 3 is 2.53 bits per heavy atom. The van der Waals surface area contributed by atoms with Crippen LogP contribution in [0.15, 0.2) is 18.2 Å². The molecule has 1 aromatic rings. The molecule has 0 spiro atoms. The van der Waals surface area contributed by atoms with Gasteiger partial charge in [0, 0.05) is 18.6 Å². The van der Waals surface area contributed by atoms with Crippen molar-refractivity contribution >= 4 is 35.0 Å². The van der Waals surface area contributed by atoms with Gasteiger partial charge in [-0.2, -0.15) is 11.8 Å². The minimum absolute atomic E-state index is 0.173. The van der Waals surface area contributed by atoms with E-state index >= 15 is 0 Å². The molecule has 0 saturated heterocycles. The molecule has 1 aromatic carbocycles. The molecular formula is C14H22Cl2N2S. The largest absolute Gasteiger partial charge is 0.329 e. The van der Waals surface area contributed by atoms with Crippen LogP contribution in [0, 0.1) is 0 Å². The maximum Gasteiger partial charge on any atom is 0.0595 e. The molecule has 5 heteroatoms. The third-order valence-corrected chi connectivity index (χ3v) is 4.86.